The smallest absolute Gasteiger partial charge is 0.272 e. The fraction of sp³-hybridized carbons (Fsp3) is 0.375. The normalized spacial score (nSPS) is 11.7. The number of carbonyl (C=O) groups is 1. The Hall–Kier alpha value is -2.95. The van der Waals surface area contributed by atoms with Crippen molar-refractivity contribution in [2.45, 2.75) is 53.1 Å². The van der Waals surface area contributed by atoms with Crippen LogP contribution >= 0.6 is 0 Å². The van der Waals surface area contributed by atoms with Gasteiger partial charge in [-0.1, -0.05) is 45.0 Å². The lowest BCUT2D eigenvalue weighted by Crippen LogP contribution is -2.27. The molecular weight excluding hydrogens is 362 g/mol. The van der Waals surface area contributed by atoms with Crippen LogP contribution in [0.4, 0.5) is 0 Å². The topological polar surface area (TPSA) is 55.2 Å². The van der Waals surface area contributed by atoms with Crippen LogP contribution in [0.5, 0.6) is 0 Å². The van der Waals surface area contributed by atoms with Crippen molar-refractivity contribution in [3.63, 3.8) is 0 Å². The zero-order valence-corrected chi connectivity index (χ0v) is 18.1. The lowest BCUT2D eigenvalue weighted by molar-refractivity contribution is 0.0785. The van der Waals surface area contributed by atoms with Gasteiger partial charge in [0.25, 0.3) is 11.5 Å². The van der Waals surface area contributed by atoms with Gasteiger partial charge in [0.15, 0.2) is 0 Å². The van der Waals surface area contributed by atoms with E-state index in [0.717, 1.165) is 11.1 Å². The van der Waals surface area contributed by atoms with E-state index in [1.807, 2.05) is 13.0 Å². The second-order valence-corrected chi connectivity index (χ2v) is 8.56. The SMILES string of the molecule is CCn1c(=O)c(C)nc2cc(C(=O)N(C)Cc3ccc(C(C)(C)C)cc3)ccc21. The third-order valence-corrected chi connectivity index (χ3v) is 5.26. The average molecular weight is 392 g/mol. The maximum Gasteiger partial charge on any atom is 0.272 e. The molecule has 0 N–H and O–H groups in total. The molecule has 0 radical (unpaired) electrons. The van der Waals surface area contributed by atoms with E-state index in [0.29, 0.717) is 29.9 Å². The van der Waals surface area contributed by atoms with Crippen molar-refractivity contribution >= 4 is 16.9 Å². The first kappa shape index (κ1) is 20.8. The van der Waals surface area contributed by atoms with E-state index >= 15 is 0 Å². The Morgan fingerprint density at radius 2 is 1.76 bits per heavy atom. The highest BCUT2D eigenvalue weighted by atomic mass is 16.2. The van der Waals surface area contributed by atoms with Crippen molar-refractivity contribution in [2.24, 2.45) is 0 Å². The molecule has 1 aromatic heterocycles. The van der Waals surface area contributed by atoms with E-state index in [-0.39, 0.29) is 16.9 Å². The zero-order valence-electron chi connectivity index (χ0n) is 18.1. The Kier molecular flexibility index (Phi) is 5.60. The van der Waals surface area contributed by atoms with Crippen molar-refractivity contribution in [2.75, 3.05) is 7.05 Å². The van der Waals surface area contributed by atoms with Gasteiger partial charge in [-0.3, -0.25) is 9.59 Å². The highest BCUT2D eigenvalue weighted by molar-refractivity contribution is 5.97. The van der Waals surface area contributed by atoms with Crippen LogP contribution in [0.15, 0.2) is 47.3 Å². The van der Waals surface area contributed by atoms with Crippen LogP contribution in [0, 0.1) is 6.92 Å². The number of hydrogen-bond donors (Lipinski definition) is 0. The molecule has 3 aromatic rings. The van der Waals surface area contributed by atoms with Crippen molar-refractivity contribution in [3.8, 4) is 0 Å². The summed E-state index contributed by atoms with van der Waals surface area (Å²) in [6.45, 7) is 11.3. The van der Waals surface area contributed by atoms with Crippen LogP contribution in [0.2, 0.25) is 0 Å². The second-order valence-electron chi connectivity index (χ2n) is 8.56. The van der Waals surface area contributed by atoms with Crippen molar-refractivity contribution in [1.82, 2.24) is 14.5 Å². The van der Waals surface area contributed by atoms with Gasteiger partial charge in [0.2, 0.25) is 0 Å². The number of rotatable bonds is 4. The predicted molar refractivity (Wildman–Crippen MR) is 117 cm³/mol. The molecule has 5 nitrogen and oxygen atoms in total. The molecule has 152 valence electrons. The Balaban J connectivity index is 1.85. The molecule has 0 aliphatic heterocycles. The highest BCUT2D eigenvalue weighted by Crippen LogP contribution is 2.23. The third-order valence-electron chi connectivity index (χ3n) is 5.26. The van der Waals surface area contributed by atoms with Crippen LogP contribution in [0.1, 0.15) is 54.9 Å². The Bertz CT molecular complexity index is 1110. The molecule has 0 saturated heterocycles. The minimum atomic E-state index is -0.0881. The summed E-state index contributed by atoms with van der Waals surface area (Å²) in [6.07, 6.45) is 0. The monoisotopic (exact) mass is 391 g/mol. The first-order valence-electron chi connectivity index (χ1n) is 9.98. The summed E-state index contributed by atoms with van der Waals surface area (Å²) in [7, 11) is 1.80. The highest BCUT2D eigenvalue weighted by Gasteiger charge is 2.16. The number of aryl methyl sites for hydroxylation is 2. The Morgan fingerprint density at radius 3 is 2.34 bits per heavy atom. The van der Waals surface area contributed by atoms with Gasteiger partial charge >= 0.3 is 0 Å². The first-order valence-corrected chi connectivity index (χ1v) is 9.98. The van der Waals surface area contributed by atoms with Gasteiger partial charge < -0.3 is 9.47 Å². The van der Waals surface area contributed by atoms with Crippen molar-refractivity contribution in [3.05, 3.63) is 75.2 Å². The molecule has 0 fully saturated rings. The standard InChI is InChI=1S/C24H29N3O2/c1-7-27-21-13-10-18(14-20(21)25-16(2)22(27)28)23(29)26(6)15-17-8-11-19(12-9-17)24(3,4)5/h8-14H,7,15H2,1-6H3. The number of hydrogen-bond acceptors (Lipinski definition) is 3. The van der Waals surface area contributed by atoms with Crippen LogP contribution < -0.4 is 5.56 Å². The second kappa shape index (κ2) is 7.82. The molecule has 0 aliphatic carbocycles. The zero-order chi connectivity index (χ0) is 21.3. The lowest BCUT2D eigenvalue weighted by Gasteiger charge is -2.21. The number of benzene rings is 2. The van der Waals surface area contributed by atoms with Gasteiger partial charge in [0, 0.05) is 25.7 Å². The maximum atomic E-state index is 13.0. The van der Waals surface area contributed by atoms with E-state index in [9.17, 15) is 9.59 Å². The predicted octanol–water partition coefficient (Wildman–Crippen LogP) is 4.29. The minimum Gasteiger partial charge on any atom is -0.337 e. The van der Waals surface area contributed by atoms with Gasteiger partial charge in [-0.2, -0.15) is 0 Å². The molecule has 0 unspecified atom stereocenters. The summed E-state index contributed by atoms with van der Waals surface area (Å²) in [5, 5.41) is 0. The molecule has 5 heteroatoms. The van der Waals surface area contributed by atoms with Crippen molar-refractivity contribution in [1.29, 1.82) is 0 Å². The van der Waals surface area contributed by atoms with E-state index < -0.39 is 0 Å². The van der Waals surface area contributed by atoms with Crippen LogP contribution in [0.3, 0.4) is 0 Å². The molecule has 2 aromatic carbocycles. The van der Waals surface area contributed by atoms with Crippen molar-refractivity contribution < 1.29 is 4.79 Å². The third kappa shape index (κ3) is 4.24. The van der Waals surface area contributed by atoms with Crippen LogP contribution in [-0.4, -0.2) is 27.4 Å². The molecule has 0 bridgehead atoms. The van der Waals surface area contributed by atoms with E-state index in [1.54, 1.807) is 35.6 Å². The molecule has 0 saturated carbocycles. The number of nitrogens with zero attached hydrogens (tertiary/aromatic N) is 3. The fourth-order valence-corrected chi connectivity index (χ4v) is 3.50. The van der Waals surface area contributed by atoms with Crippen LogP contribution in [-0.2, 0) is 18.5 Å². The molecule has 0 atom stereocenters. The van der Waals surface area contributed by atoms with Crippen LogP contribution in [0.25, 0.3) is 11.0 Å². The van der Waals surface area contributed by atoms with Gasteiger partial charge in [-0.25, -0.2) is 4.98 Å². The molecule has 0 aliphatic rings. The molecule has 1 heterocycles. The van der Waals surface area contributed by atoms with Gasteiger partial charge in [0.1, 0.15) is 5.69 Å². The fourth-order valence-electron chi connectivity index (χ4n) is 3.50. The molecule has 1 amide bonds. The molecule has 0 spiro atoms. The van der Waals surface area contributed by atoms with Gasteiger partial charge in [0.05, 0.1) is 11.0 Å². The largest absolute Gasteiger partial charge is 0.337 e. The molecule has 3 rings (SSSR count). The van der Waals surface area contributed by atoms with E-state index in [2.05, 4.69) is 50.0 Å². The number of aromatic nitrogens is 2. The first-order chi connectivity index (χ1) is 13.6. The van der Waals surface area contributed by atoms with Gasteiger partial charge in [-0.05, 0) is 48.6 Å². The summed E-state index contributed by atoms with van der Waals surface area (Å²) >= 11 is 0. The van der Waals surface area contributed by atoms with E-state index in [4.69, 9.17) is 0 Å². The quantitative estimate of drug-likeness (QED) is 0.666. The summed E-state index contributed by atoms with van der Waals surface area (Å²) in [4.78, 5) is 31.3. The Labute approximate surface area is 172 Å². The van der Waals surface area contributed by atoms with E-state index in [1.165, 1.54) is 5.56 Å². The van der Waals surface area contributed by atoms with Gasteiger partial charge in [-0.15, -0.1) is 0 Å². The summed E-state index contributed by atoms with van der Waals surface area (Å²) < 4.78 is 1.69. The number of amides is 1. The summed E-state index contributed by atoms with van der Waals surface area (Å²) in [6, 6.07) is 13.8. The summed E-state index contributed by atoms with van der Waals surface area (Å²) in [5.41, 5.74) is 4.80. The lowest BCUT2D eigenvalue weighted by atomic mass is 9.87. The minimum absolute atomic E-state index is 0.0690. The summed E-state index contributed by atoms with van der Waals surface area (Å²) in [5.74, 6) is -0.0690. The Morgan fingerprint density at radius 1 is 1.10 bits per heavy atom. The number of fused-ring (bicyclic) bond motifs is 1. The number of carbonyl (C=O) groups excluding carboxylic acids is 1. The average Bonchev–Trinajstić information content (AvgIpc) is 2.67. The molecule has 29 heavy (non-hydrogen) atoms. The maximum absolute atomic E-state index is 13.0. The molecular formula is C24H29N3O2.